The SMILES string of the molecule is COC(O[Si](OC)(OC)OC(OC)(OC)OC)[SiH2]O[SiH3]. The molecule has 0 aliphatic heterocycles. The highest BCUT2D eigenvalue weighted by molar-refractivity contribution is 6.54. The molecule has 0 heterocycles. The minimum Gasteiger partial charge on any atom is -0.465 e. The molecule has 12 heteroatoms. The number of methoxy groups -OCH3 is 4. The fourth-order valence-corrected chi connectivity index (χ4v) is 4.92. The van der Waals surface area contributed by atoms with Gasteiger partial charge in [0.15, 0.2) is 5.91 Å². The summed E-state index contributed by atoms with van der Waals surface area (Å²) in [4.78, 5) is 0. The van der Waals surface area contributed by atoms with Crippen molar-refractivity contribution in [3.8, 4) is 0 Å². The van der Waals surface area contributed by atoms with Crippen molar-refractivity contribution in [1.82, 2.24) is 0 Å². The third kappa shape index (κ3) is 5.58. The normalized spacial score (nSPS) is 15.3. The number of rotatable bonds is 12. The summed E-state index contributed by atoms with van der Waals surface area (Å²) in [6.07, 6.45) is -1.79. The Bertz CT molecular complexity index is 241. The summed E-state index contributed by atoms with van der Waals surface area (Å²) in [6.45, 7) is 0. The van der Waals surface area contributed by atoms with Crippen LogP contribution < -0.4 is 0 Å². The molecule has 0 spiro atoms. The van der Waals surface area contributed by atoms with Gasteiger partial charge >= 0.3 is 15.2 Å². The van der Waals surface area contributed by atoms with Gasteiger partial charge in [-0.15, -0.1) is 0 Å². The van der Waals surface area contributed by atoms with E-state index >= 15 is 0 Å². The highest BCUT2D eigenvalue weighted by Crippen LogP contribution is 2.24. The van der Waals surface area contributed by atoms with Gasteiger partial charge in [0.05, 0.1) is 0 Å². The van der Waals surface area contributed by atoms with E-state index in [-0.39, 0.29) is 0 Å². The second kappa shape index (κ2) is 10.1. The van der Waals surface area contributed by atoms with Crippen LogP contribution >= 0.6 is 0 Å². The first-order chi connectivity index (χ1) is 9.50. The lowest BCUT2D eigenvalue weighted by Gasteiger charge is -2.35. The van der Waals surface area contributed by atoms with E-state index in [0.29, 0.717) is 10.5 Å². The first-order valence-electron chi connectivity index (χ1n) is 5.66. The third-order valence-electron chi connectivity index (χ3n) is 2.34. The molecule has 0 bridgehead atoms. The largest absolute Gasteiger partial charge is 0.686 e. The topological polar surface area (TPSA) is 83.1 Å². The molecule has 0 aromatic heterocycles. The van der Waals surface area contributed by atoms with Gasteiger partial charge in [0.2, 0.25) is 9.76 Å². The predicted molar refractivity (Wildman–Crippen MR) is 76.1 cm³/mol. The van der Waals surface area contributed by atoms with Crippen LogP contribution in [0.4, 0.5) is 0 Å². The van der Waals surface area contributed by atoms with Gasteiger partial charge in [-0.2, -0.15) is 0 Å². The molecular formula is C8H24O9Si3. The lowest BCUT2D eigenvalue weighted by atomic mass is 11.0. The Kier molecular flexibility index (Phi) is 10.2. The Morgan fingerprint density at radius 3 is 1.75 bits per heavy atom. The summed E-state index contributed by atoms with van der Waals surface area (Å²) < 4.78 is 47.3. The van der Waals surface area contributed by atoms with Crippen LogP contribution in [0.5, 0.6) is 0 Å². The molecule has 0 aromatic carbocycles. The van der Waals surface area contributed by atoms with Crippen LogP contribution in [-0.4, -0.2) is 84.0 Å². The van der Waals surface area contributed by atoms with Crippen molar-refractivity contribution in [2.24, 2.45) is 0 Å². The minimum atomic E-state index is -3.59. The monoisotopic (exact) mass is 348 g/mol. The molecule has 0 saturated carbocycles. The lowest BCUT2D eigenvalue weighted by Crippen LogP contribution is -2.58. The van der Waals surface area contributed by atoms with Gasteiger partial charge in [-0.25, -0.2) is 0 Å². The van der Waals surface area contributed by atoms with E-state index in [4.69, 9.17) is 40.8 Å². The molecule has 0 aliphatic rings. The van der Waals surface area contributed by atoms with E-state index in [1.807, 2.05) is 0 Å². The highest BCUT2D eigenvalue weighted by Gasteiger charge is 2.54. The van der Waals surface area contributed by atoms with E-state index < -0.39 is 30.9 Å². The Hall–Kier alpha value is 0.291. The van der Waals surface area contributed by atoms with Gasteiger partial charge in [-0.3, -0.25) is 4.43 Å². The summed E-state index contributed by atoms with van der Waals surface area (Å²) in [7, 11) is 4.28. The van der Waals surface area contributed by atoms with Crippen molar-refractivity contribution in [2.45, 2.75) is 12.1 Å². The lowest BCUT2D eigenvalue weighted by molar-refractivity contribution is -0.465. The second-order valence-electron chi connectivity index (χ2n) is 3.36. The van der Waals surface area contributed by atoms with Crippen LogP contribution in [0.3, 0.4) is 0 Å². The van der Waals surface area contributed by atoms with E-state index in [1.54, 1.807) is 0 Å². The zero-order valence-corrected chi connectivity index (χ0v) is 17.4. The maximum absolute atomic E-state index is 5.66. The molecule has 0 amide bonds. The maximum atomic E-state index is 5.66. The minimum absolute atomic E-state index is 0.581. The third-order valence-corrected chi connectivity index (χ3v) is 6.83. The molecule has 0 saturated heterocycles. The molecule has 0 fully saturated rings. The van der Waals surface area contributed by atoms with E-state index in [9.17, 15) is 0 Å². The molecule has 0 radical (unpaired) electrons. The Balaban J connectivity index is 5.07. The van der Waals surface area contributed by atoms with Gasteiger partial charge in [0, 0.05) is 42.7 Å². The fraction of sp³-hybridized carbons (Fsp3) is 1.00. The Labute approximate surface area is 125 Å². The van der Waals surface area contributed by atoms with E-state index in [2.05, 4.69) is 0 Å². The number of ether oxygens (including phenoxy) is 4. The zero-order chi connectivity index (χ0) is 15.6. The Morgan fingerprint density at radius 1 is 0.950 bits per heavy atom. The second-order valence-corrected chi connectivity index (χ2v) is 8.93. The summed E-state index contributed by atoms with van der Waals surface area (Å²) >= 11 is 0. The number of hydrogen-bond donors (Lipinski definition) is 0. The molecule has 1 atom stereocenters. The van der Waals surface area contributed by atoms with Gasteiger partial charge in [-0.1, -0.05) is 0 Å². The average molecular weight is 349 g/mol. The number of hydrogen-bond acceptors (Lipinski definition) is 9. The smallest absolute Gasteiger partial charge is 0.465 e. The maximum Gasteiger partial charge on any atom is 0.686 e. The summed E-state index contributed by atoms with van der Waals surface area (Å²) in [6, 6.07) is 0. The molecule has 122 valence electrons. The van der Waals surface area contributed by atoms with Crippen molar-refractivity contribution in [2.75, 3.05) is 42.7 Å². The highest BCUT2D eigenvalue weighted by atomic mass is 28.4. The molecule has 0 aromatic rings. The summed E-state index contributed by atoms with van der Waals surface area (Å²) in [5.41, 5.74) is 0. The molecule has 0 aliphatic carbocycles. The van der Waals surface area contributed by atoms with Crippen molar-refractivity contribution in [3.05, 3.63) is 0 Å². The quantitative estimate of drug-likeness (QED) is 0.283. The first-order valence-corrected chi connectivity index (χ1v) is 9.50. The zero-order valence-electron chi connectivity index (χ0n) is 13.0. The van der Waals surface area contributed by atoms with Crippen LogP contribution in [0.25, 0.3) is 0 Å². The standard InChI is InChI=1S/C8H24O9Si3/c1-9-7(19-17-18)15-20(13-5,14-6)16-8(10-2,11-3)12-4/h7H,19H2,1-6,18H3. The van der Waals surface area contributed by atoms with Crippen LogP contribution in [0.2, 0.25) is 0 Å². The van der Waals surface area contributed by atoms with Gasteiger partial charge in [-0.05, 0) is 0 Å². The predicted octanol–water partition coefficient (Wildman–Crippen LogP) is -2.39. The van der Waals surface area contributed by atoms with Crippen molar-refractivity contribution < 1.29 is 40.8 Å². The van der Waals surface area contributed by atoms with E-state index in [1.165, 1.54) is 42.7 Å². The van der Waals surface area contributed by atoms with Gasteiger partial charge in [0.25, 0.3) is 0 Å². The fourth-order valence-electron chi connectivity index (χ4n) is 1.26. The Morgan fingerprint density at radius 2 is 1.45 bits per heavy atom. The molecule has 20 heavy (non-hydrogen) atoms. The summed E-state index contributed by atoms with van der Waals surface area (Å²) in [5, 5.41) is 0. The van der Waals surface area contributed by atoms with Crippen LogP contribution in [0, 0.1) is 0 Å². The molecule has 0 N–H and O–H groups in total. The molecule has 1 unspecified atom stereocenters. The van der Waals surface area contributed by atoms with Gasteiger partial charge < -0.3 is 36.3 Å². The van der Waals surface area contributed by atoms with Crippen LogP contribution in [0.1, 0.15) is 0 Å². The molecule has 0 rings (SSSR count). The van der Waals surface area contributed by atoms with Crippen molar-refractivity contribution in [3.63, 3.8) is 0 Å². The molecule has 9 nitrogen and oxygen atoms in total. The van der Waals surface area contributed by atoms with E-state index in [0.717, 1.165) is 0 Å². The molecular weight excluding hydrogens is 324 g/mol. The van der Waals surface area contributed by atoms with Crippen molar-refractivity contribution in [1.29, 1.82) is 0 Å². The summed E-state index contributed by atoms with van der Waals surface area (Å²) in [5.74, 6) is -0.581. The van der Waals surface area contributed by atoms with Crippen LogP contribution in [0.15, 0.2) is 0 Å². The van der Waals surface area contributed by atoms with Gasteiger partial charge in [0.1, 0.15) is 10.5 Å². The first kappa shape index (κ1) is 20.3. The average Bonchev–Trinajstić information content (AvgIpc) is 2.51. The van der Waals surface area contributed by atoms with Crippen molar-refractivity contribution >= 4 is 29.3 Å². The van der Waals surface area contributed by atoms with Crippen LogP contribution in [-0.2, 0) is 40.8 Å².